The summed E-state index contributed by atoms with van der Waals surface area (Å²) < 4.78 is 0. The van der Waals surface area contributed by atoms with E-state index in [0.29, 0.717) is 6.42 Å². The van der Waals surface area contributed by atoms with Crippen molar-refractivity contribution in [2.45, 2.75) is 25.5 Å². The first-order valence-corrected chi connectivity index (χ1v) is 4.37. The zero-order valence-electron chi connectivity index (χ0n) is 7.64. The zero-order valence-corrected chi connectivity index (χ0v) is 7.64. The molecule has 0 bridgehead atoms. The summed E-state index contributed by atoms with van der Waals surface area (Å²) >= 11 is 0. The van der Waals surface area contributed by atoms with Gasteiger partial charge in [0.2, 0.25) is 0 Å². The van der Waals surface area contributed by atoms with Gasteiger partial charge in [0, 0.05) is 0 Å². The number of hydrogen-bond acceptors (Lipinski definition) is 3. The molecule has 72 valence electrons. The summed E-state index contributed by atoms with van der Waals surface area (Å²) in [4.78, 5) is 0. The van der Waals surface area contributed by atoms with Crippen LogP contribution in [0.5, 0.6) is 5.75 Å². The maximum Gasteiger partial charge on any atom is 0.115 e. The first kappa shape index (κ1) is 10.0. The van der Waals surface area contributed by atoms with Crippen molar-refractivity contribution >= 4 is 0 Å². The monoisotopic (exact) mass is 181 g/mol. The van der Waals surface area contributed by atoms with Crippen LogP contribution in [-0.4, -0.2) is 16.3 Å². The smallest absolute Gasteiger partial charge is 0.115 e. The van der Waals surface area contributed by atoms with Crippen molar-refractivity contribution < 1.29 is 10.2 Å². The molecule has 0 aliphatic heterocycles. The third kappa shape index (κ3) is 2.44. The van der Waals surface area contributed by atoms with Gasteiger partial charge in [-0.2, -0.15) is 0 Å². The Balaban J connectivity index is 2.77. The van der Waals surface area contributed by atoms with E-state index in [1.54, 1.807) is 24.3 Å². The average molecular weight is 181 g/mol. The molecule has 0 spiro atoms. The van der Waals surface area contributed by atoms with Gasteiger partial charge in [-0.15, -0.1) is 0 Å². The number of phenolic OH excluding ortho intramolecular Hbond substituents is 1. The number of aliphatic hydroxyl groups excluding tert-OH is 1. The van der Waals surface area contributed by atoms with Crippen molar-refractivity contribution in [3.05, 3.63) is 29.8 Å². The van der Waals surface area contributed by atoms with Gasteiger partial charge < -0.3 is 15.9 Å². The highest BCUT2D eigenvalue weighted by molar-refractivity contribution is 5.28. The van der Waals surface area contributed by atoms with Crippen LogP contribution in [0.3, 0.4) is 0 Å². The molecule has 3 heteroatoms. The summed E-state index contributed by atoms with van der Waals surface area (Å²) in [6.07, 6.45) is 0.103. The summed E-state index contributed by atoms with van der Waals surface area (Å²) in [6.45, 7) is 1.88. The SMILES string of the molecule is CC[C@@H](O)[C@@H](N)c1ccc(O)cc1. The highest BCUT2D eigenvalue weighted by Crippen LogP contribution is 2.18. The minimum atomic E-state index is -0.524. The predicted molar refractivity (Wildman–Crippen MR) is 51.3 cm³/mol. The van der Waals surface area contributed by atoms with Gasteiger partial charge in [-0.25, -0.2) is 0 Å². The number of rotatable bonds is 3. The van der Waals surface area contributed by atoms with E-state index in [9.17, 15) is 5.11 Å². The van der Waals surface area contributed by atoms with Gasteiger partial charge in [-0.3, -0.25) is 0 Å². The molecule has 13 heavy (non-hydrogen) atoms. The maximum absolute atomic E-state index is 9.46. The number of nitrogens with two attached hydrogens (primary N) is 1. The van der Waals surface area contributed by atoms with Crippen molar-refractivity contribution in [2.75, 3.05) is 0 Å². The van der Waals surface area contributed by atoms with Crippen LogP contribution in [0.4, 0.5) is 0 Å². The van der Waals surface area contributed by atoms with Crippen molar-refractivity contribution in [3.63, 3.8) is 0 Å². The van der Waals surface area contributed by atoms with E-state index >= 15 is 0 Å². The molecule has 3 nitrogen and oxygen atoms in total. The van der Waals surface area contributed by atoms with Crippen molar-refractivity contribution in [3.8, 4) is 5.75 Å². The highest BCUT2D eigenvalue weighted by Gasteiger charge is 2.14. The molecule has 1 aromatic carbocycles. The van der Waals surface area contributed by atoms with Gasteiger partial charge in [0.25, 0.3) is 0 Å². The number of aromatic hydroxyl groups is 1. The lowest BCUT2D eigenvalue weighted by atomic mass is 10.0. The molecule has 1 aromatic rings. The van der Waals surface area contributed by atoms with Crippen LogP contribution in [0.1, 0.15) is 24.9 Å². The first-order valence-electron chi connectivity index (χ1n) is 4.37. The van der Waals surface area contributed by atoms with E-state index in [-0.39, 0.29) is 11.8 Å². The third-order valence-corrected chi connectivity index (χ3v) is 2.11. The summed E-state index contributed by atoms with van der Waals surface area (Å²) in [7, 11) is 0. The second-order valence-corrected chi connectivity index (χ2v) is 3.09. The van der Waals surface area contributed by atoms with Crippen LogP contribution < -0.4 is 5.73 Å². The Hall–Kier alpha value is -1.06. The normalized spacial score (nSPS) is 15.3. The van der Waals surface area contributed by atoms with Crippen molar-refractivity contribution in [1.29, 1.82) is 0 Å². The summed E-state index contributed by atoms with van der Waals surface area (Å²) in [6, 6.07) is 6.21. The van der Waals surface area contributed by atoms with Gasteiger partial charge in [-0.05, 0) is 24.1 Å². The Kier molecular flexibility index (Phi) is 3.28. The second-order valence-electron chi connectivity index (χ2n) is 3.09. The van der Waals surface area contributed by atoms with Crippen LogP contribution >= 0.6 is 0 Å². The molecule has 0 saturated carbocycles. The molecule has 1 rings (SSSR count). The molecule has 4 N–H and O–H groups in total. The molecule has 0 unspecified atom stereocenters. The standard InChI is InChI=1S/C10H15NO2/c1-2-9(13)10(11)7-3-5-8(12)6-4-7/h3-6,9-10,12-13H,2,11H2,1H3/t9-,10+/m1/s1. The Morgan fingerprint density at radius 3 is 2.31 bits per heavy atom. The minimum Gasteiger partial charge on any atom is -0.508 e. The van der Waals surface area contributed by atoms with Crippen LogP contribution in [0.25, 0.3) is 0 Å². The number of phenols is 1. The second kappa shape index (κ2) is 4.25. The molecular weight excluding hydrogens is 166 g/mol. The van der Waals surface area contributed by atoms with Crippen LogP contribution in [-0.2, 0) is 0 Å². The maximum atomic E-state index is 9.46. The Bertz CT molecular complexity index is 258. The fraction of sp³-hybridized carbons (Fsp3) is 0.400. The van der Waals surface area contributed by atoms with Crippen molar-refractivity contribution in [1.82, 2.24) is 0 Å². The Morgan fingerprint density at radius 1 is 1.31 bits per heavy atom. The van der Waals surface area contributed by atoms with Crippen molar-refractivity contribution in [2.24, 2.45) is 5.73 Å². The summed E-state index contributed by atoms with van der Waals surface area (Å²) in [5, 5.41) is 18.5. The minimum absolute atomic E-state index is 0.210. The van der Waals surface area contributed by atoms with E-state index in [1.807, 2.05) is 6.92 Å². The quantitative estimate of drug-likeness (QED) is 0.655. The Labute approximate surface area is 77.8 Å². The largest absolute Gasteiger partial charge is 0.508 e. The lowest BCUT2D eigenvalue weighted by Gasteiger charge is -2.17. The van der Waals surface area contributed by atoms with E-state index in [4.69, 9.17) is 10.8 Å². The fourth-order valence-electron chi connectivity index (χ4n) is 1.17. The topological polar surface area (TPSA) is 66.5 Å². The molecule has 0 heterocycles. The van der Waals surface area contributed by atoms with Crippen LogP contribution in [0.2, 0.25) is 0 Å². The van der Waals surface area contributed by atoms with Gasteiger partial charge >= 0.3 is 0 Å². The molecule has 0 aromatic heterocycles. The number of hydrogen-bond donors (Lipinski definition) is 3. The summed E-state index contributed by atoms with van der Waals surface area (Å²) in [5.74, 6) is 0.210. The van der Waals surface area contributed by atoms with E-state index in [0.717, 1.165) is 5.56 Å². The third-order valence-electron chi connectivity index (χ3n) is 2.11. The van der Waals surface area contributed by atoms with E-state index in [2.05, 4.69) is 0 Å². The molecule has 0 fully saturated rings. The van der Waals surface area contributed by atoms with Gasteiger partial charge in [0.1, 0.15) is 5.75 Å². The van der Waals surface area contributed by atoms with Crippen LogP contribution in [0.15, 0.2) is 24.3 Å². The Morgan fingerprint density at radius 2 is 1.85 bits per heavy atom. The summed E-state index contributed by atoms with van der Waals surface area (Å²) in [5.41, 5.74) is 6.61. The van der Waals surface area contributed by atoms with Crippen LogP contribution in [0, 0.1) is 0 Å². The van der Waals surface area contributed by atoms with E-state index in [1.165, 1.54) is 0 Å². The van der Waals surface area contributed by atoms with Gasteiger partial charge in [0.05, 0.1) is 12.1 Å². The molecule has 0 radical (unpaired) electrons. The van der Waals surface area contributed by atoms with Gasteiger partial charge in [0.15, 0.2) is 0 Å². The fourth-order valence-corrected chi connectivity index (χ4v) is 1.17. The molecule has 2 atom stereocenters. The van der Waals surface area contributed by atoms with Gasteiger partial charge in [-0.1, -0.05) is 19.1 Å². The number of aliphatic hydroxyl groups is 1. The molecular formula is C10H15NO2. The average Bonchev–Trinajstić information content (AvgIpc) is 2.17. The zero-order chi connectivity index (χ0) is 9.84. The lowest BCUT2D eigenvalue weighted by Crippen LogP contribution is -2.25. The molecule has 0 aliphatic rings. The molecule has 0 aliphatic carbocycles. The molecule has 0 amide bonds. The van der Waals surface area contributed by atoms with E-state index < -0.39 is 6.10 Å². The predicted octanol–water partition coefficient (Wildman–Crippen LogP) is 1.16. The lowest BCUT2D eigenvalue weighted by molar-refractivity contribution is 0.140. The first-order chi connectivity index (χ1) is 6.15. The number of benzene rings is 1. The molecule has 0 saturated heterocycles. The highest BCUT2D eigenvalue weighted by atomic mass is 16.3.